The number of rotatable bonds is 4. The van der Waals surface area contributed by atoms with Crippen molar-refractivity contribution in [2.75, 3.05) is 19.6 Å². The summed E-state index contributed by atoms with van der Waals surface area (Å²) in [7, 11) is 0. The standard InChI is InChI=1S/C15H22N2O.ClH/c1-12(13-6-3-2-4-7-13)10-17-15(18)14-8-5-9-16-11-14;/h2-4,6-7,12,14,16H,5,8-11H2,1H3,(H,17,18);1H/t12-,14+;/m0./s1. The summed E-state index contributed by atoms with van der Waals surface area (Å²) >= 11 is 0. The largest absolute Gasteiger partial charge is 0.355 e. The first kappa shape index (κ1) is 16.0. The van der Waals surface area contributed by atoms with Crippen LogP contribution in [-0.4, -0.2) is 25.5 Å². The van der Waals surface area contributed by atoms with Crippen LogP contribution >= 0.6 is 12.4 Å². The highest BCUT2D eigenvalue weighted by Gasteiger charge is 2.20. The number of hydrogen-bond donors (Lipinski definition) is 2. The van der Waals surface area contributed by atoms with Gasteiger partial charge in [-0.3, -0.25) is 4.79 Å². The van der Waals surface area contributed by atoms with Crippen molar-refractivity contribution in [3.8, 4) is 0 Å². The van der Waals surface area contributed by atoms with Gasteiger partial charge in [-0.15, -0.1) is 12.4 Å². The normalized spacial score (nSPS) is 20.2. The number of amides is 1. The van der Waals surface area contributed by atoms with Crippen molar-refractivity contribution in [1.29, 1.82) is 0 Å². The van der Waals surface area contributed by atoms with Gasteiger partial charge in [0.25, 0.3) is 0 Å². The fraction of sp³-hybridized carbons (Fsp3) is 0.533. The highest BCUT2D eigenvalue weighted by Crippen LogP contribution is 2.14. The summed E-state index contributed by atoms with van der Waals surface area (Å²) in [5, 5.41) is 6.35. The molecule has 1 aromatic carbocycles. The number of halogens is 1. The molecule has 2 atom stereocenters. The van der Waals surface area contributed by atoms with Crippen molar-refractivity contribution >= 4 is 18.3 Å². The molecule has 0 saturated carbocycles. The van der Waals surface area contributed by atoms with E-state index < -0.39 is 0 Å². The Bertz CT molecular complexity index is 377. The predicted octanol–water partition coefficient (Wildman–Crippen LogP) is 2.33. The number of carbonyl (C=O) groups is 1. The molecule has 0 unspecified atom stereocenters. The van der Waals surface area contributed by atoms with Crippen LogP contribution in [0.1, 0.15) is 31.2 Å². The van der Waals surface area contributed by atoms with E-state index in [0.29, 0.717) is 5.92 Å². The van der Waals surface area contributed by atoms with Crippen LogP contribution in [0.3, 0.4) is 0 Å². The average molecular weight is 283 g/mol. The molecule has 19 heavy (non-hydrogen) atoms. The maximum atomic E-state index is 12.0. The molecule has 3 nitrogen and oxygen atoms in total. The molecule has 1 amide bonds. The van der Waals surface area contributed by atoms with Gasteiger partial charge in [0.15, 0.2) is 0 Å². The maximum Gasteiger partial charge on any atom is 0.224 e. The average Bonchev–Trinajstić information content (AvgIpc) is 2.46. The zero-order chi connectivity index (χ0) is 12.8. The van der Waals surface area contributed by atoms with Crippen molar-refractivity contribution in [3.05, 3.63) is 35.9 Å². The van der Waals surface area contributed by atoms with Crippen molar-refractivity contribution in [2.24, 2.45) is 5.92 Å². The van der Waals surface area contributed by atoms with E-state index in [0.717, 1.165) is 32.5 Å². The third-order valence-electron chi connectivity index (χ3n) is 3.62. The van der Waals surface area contributed by atoms with E-state index in [-0.39, 0.29) is 24.2 Å². The topological polar surface area (TPSA) is 41.1 Å². The van der Waals surface area contributed by atoms with E-state index in [2.05, 4.69) is 29.7 Å². The molecule has 1 aromatic rings. The minimum absolute atomic E-state index is 0. The smallest absolute Gasteiger partial charge is 0.224 e. The molecule has 106 valence electrons. The van der Waals surface area contributed by atoms with Crippen LogP contribution in [0.2, 0.25) is 0 Å². The van der Waals surface area contributed by atoms with E-state index >= 15 is 0 Å². The number of hydrogen-bond acceptors (Lipinski definition) is 2. The van der Waals surface area contributed by atoms with E-state index in [4.69, 9.17) is 0 Å². The summed E-state index contributed by atoms with van der Waals surface area (Å²) in [5.41, 5.74) is 1.28. The van der Waals surface area contributed by atoms with Gasteiger partial charge >= 0.3 is 0 Å². The Balaban J connectivity index is 0.00000180. The Morgan fingerprint density at radius 2 is 2.16 bits per heavy atom. The molecule has 0 aromatic heterocycles. The molecule has 0 aliphatic carbocycles. The van der Waals surface area contributed by atoms with Crippen LogP contribution in [0, 0.1) is 5.92 Å². The molecule has 1 aliphatic rings. The zero-order valence-electron chi connectivity index (χ0n) is 11.4. The summed E-state index contributed by atoms with van der Waals surface area (Å²) < 4.78 is 0. The van der Waals surface area contributed by atoms with E-state index in [1.807, 2.05) is 18.2 Å². The number of carbonyl (C=O) groups excluding carboxylic acids is 1. The molecule has 2 N–H and O–H groups in total. The molecule has 0 bridgehead atoms. The fourth-order valence-electron chi connectivity index (χ4n) is 2.37. The Hall–Kier alpha value is -1.06. The Kier molecular flexibility index (Phi) is 6.89. The van der Waals surface area contributed by atoms with Gasteiger partial charge in [-0.2, -0.15) is 0 Å². The highest BCUT2D eigenvalue weighted by molar-refractivity contribution is 5.85. The molecule has 0 radical (unpaired) electrons. The van der Waals surface area contributed by atoms with E-state index in [9.17, 15) is 4.79 Å². The molecule has 4 heteroatoms. The zero-order valence-corrected chi connectivity index (χ0v) is 12.2. The second kappa shape index (κ2) is 8.18. The first-order chi connectivity index (χ1) is 8.77. The third kappa shape index (κ3) is 4.84. The van der Waals surface area contributed by atoms with Crippen LogP contribution in [0.15, 0.2) is 30.3 Å². The van der Waals surface area contributed by atoms with Crippen LogP contribution < -0.4 is 10.6 Å². The molecule has 1 heterocycles. The number of benzene rings is 1. The molecule has 1 saturated heterocycles. The molecular weight excluding hydrogens is 260 g/mol. The van der Waals surface area contributed by atoms with Crippen molar-refractivity contribution in [1.82, 2.24) is 10.6 Å². The summed E-state index contributed by atoms with van der Waals surface area (Å²) in [5.74, 6) is 0.721. The lowest BCUT2D eigenvalue weighted by Crippen LogP contribution is -2.41. The van der Waals surface area contributed by atoms with Gasteiger partial charge in [0.2, 0.25) is 5.91 Å². The first-order valence-electron chi connectivity index (χ1n) is 6.80. The van der Waals surface area contributed by atoms with E-state index in [1.54, 1.807) is 0 Å². The van der Waals surface area contributed by atoms with Gasteiger partial charge in [-0.05, 0) is 30.9 Å². The Labute approximate surface area is 121 Å². The first-order valence-corrected chi connectivity index (χ1v) is 6.80. The lowest BCUT2D eigenvalue weighted by molar-refractivity contribution is -0.125. The van der Waals surface area contributed by atoms with Crippen LogP contribution in [0.5, 0.6) is 0 Å². The summed E-state index contributed by atoms with van der Waals surface area (Å²) in [6.45, 7) is 4.74. The van der Waals surface area contributed by atoms with Gasteiger partial charge in [0.1, 0.15) is 0 Å². The molecule has 1 fully saturated rings. The fourth-order valence-corrected chi connectivity index (χ4v) is 2.37. The minimum atomic E-state index is 0. The SMILES string of the molecule is C[C@@H](CNC(=O)[C@@H]1CCCNC1)c1ccccc1.Cl. The quantitative estimate of drug-likeness (QED) is 0.890. The van der Waals surface area contributed by atoms with Gasteiger partial charge in [-0.1, -0.05) is 37.3 Å². The second-order valence-corrected chi connectivity index (χ2v) is 5.10. The van der Waals surface area contributed by atoms with Gasteiger partial charge < -0.3 is 10.6 Å². The van der Waals surface area contributed by atoms with Gasteiger partial charge in [0, 0.05) is 13.1 Å². The lowest BCUT2D eigenvalue weighted by atomic mass is 9.97. The molecule has 1 aliphatic heterocycles. The van der Waals surface area contributed by atoms with Crippen LogP contribution in [-0.2, 0) is 4.79 Å². The summed E-state index contributed by atoms with van der Waals surface area (Å²) in [4.78, 5) is 12.0. The Morgan fingerprint density at radius 1 is 1.42 bits per heavy atom. The monoisotopic (exact) mass is 282 g/mol. The maximum absolute atomic E-state index is 12.0. The van der Waals surface area contributed by atoms with E-state index in [1.165, 1.54) is 5.56 Å². The van der Waals surface area contributed by atoms with Gasteiger partial charge in [0.05, 0.1) is 5.92 Å². The van der Waals surface area contributed by atoms with Crippen molar-refractivity contribution in [2.45, 2.75) is 25.7 Å². The van der Waals surface area contributed by atoms with Gasteiger partial charge in [-0.25, -0.2) is 0 Å². The molecular formula is C15H23ClN2O. The summed E-state index contributed by atoms with van der Waals surface area (Å²) in [6.07, 6.45) is 2.12. The number of nitrogens with one attached hydrogen (secondary N) is 2. The van der Waals surface area contributed by atoms with Crippen molar-refractivity contribution < 1.29 is 4.79 Å². The lowest BCUT2D eigenvalue weighted by Gasteiger charge is -2.23. The van der Waals surface area contributed by atoms with Crippen LogP contribution in [0.25, 0.3) is 0 Å². The highest BCUT2D eigenvalue weighted by atomic mass is 35.5. The van der Waals surface area contributed by atoms with Crippen LogP contribution in [0.4, 0.5) is 0 Å². The number of piperidine rings is 1. The molecule has 2 rings (SSSR count). The summed E-state index contributed by atoms with van der Waals surface area (Å²) in [6, 6.07) is 10.3. The second-order valence-electron chi connectivity index (χ2n) is 5.10. The minimum Gasteiger partial charge on any atom is -0.355 e. The Morgan fingerprint density at radius 3 is 2.79 bits per heavy atom. The third-order valence-corrected chi connectivity index (χ3v) is 3.62. The molecule has 0 spiro atoms. The predicted molar refractivity (Wildman–Crippen MR) is 80.7 cm³/mol. The van der Waals surface area contributed by atoms with Crippen molar-refractivity contribution in [3.63, 3.8) is 0 Å².